The minimum Gasteiger partial charge on any atom is -0.481 e. The van der Waals surface area contributed by atoms with Crippen LogP contribution in [0.2, 0.25) is 0 Å². The van der Waals surface area contributed by atoms with Gasteiger partial charge in [0, 0.05) is 17.0 Å². The van der Waals surface area contributed by atoms with Crippen molar-refractivity contribution in [2.24, 2.45) is 0 Å². The predicted molar refractivity (Wildman–Crippen MR) is 67.0 cm³/mol. The molecule has 0 fully saturated rings. The summed E-state index contributed by atoms with van der Waals surface area (Å²) in [4.78, 5) is 14.1. The molecule has 0 spiro atoms. The maximum Gasteiger partial charge on any atom is 0.304 e. The van der Waals surface area contributed by atoms with Crippen molar-refractivity contribution in [3.63, 3.8) is 0 Å². The zero-order chi connectivity index (χ0) is 12.1. The molecule has 3 nitrogen and oxygen atoms in total. The lowest BCUT2D eigenvalue weighted by Crippen LogP contribution is -2.39. The molecule has 0 saturated heterocycles. The van der Waals surface area contributed by atoms with E-state index in [9.17, 15) is 4.79 Å². The molecule has 0 aromatic carbocycles. The third kappa shape index (κ3) is 3.94. The molecule has 2 atom stereocenters. The summed E-state index contributed by atoms with van der Waals surface area (Å²) >= 11 is 1.75. The third-order valence-electron chi connectivity index (χ3n) is 2.94. The van der Waals surface area contributed by atoms with E-state index in [2.05, 4.69) is 23.3 Å². The molecule has 0 amide bonds. The van der Waals surface area contributed by atoms with Crippen LogP contribution in [0.3, 0.4) is 0 Å². The molecular weight excluding hydrogens is 222 g/mol. The Labute approximate surface area is 101 Å². The Hall–Kier alpha value is -0.870. The number of thiophene rings is 1. The van der Waals surface area contributed by atoms with Gasteiger partial charge in [0.15, 0.2) is 0 Å². The highest BCUT2D eigenvalue weighted by Crippen LogP contribution is 2.15. The number of likely N-dealkylation sites (N-methyl/N-ethyl adjacent to an activating group) is 1. The Morgan fingerprint density at radius 3 is 2.69 bits per heavy atom. The summed E-state index contributed by atoms with van der Waals surface area (Å²) in [6, 6.07) is 4.62. The van der Waals surface area contributed by atoms with Gasteiger partial charge >= 0.3 is 5.97 Å². The van der Waals surface area contributed by atoms with E-state index in [-0.39, 0.29) is 12.5 Å². The van der Waals surface area contributed by atoms with E-state index in [1.165, 1.54) is 4.88 Å². The Morgan fingerprint density at radius 1 is 1.50 bits per heavy atom. The Bertz CT molecular complexity index is 324. The van der Waals surface area contributed by atoms with E-state index >= 15 is 0 Å². The van der Waals surface area contributed by atoms with Gasteiger partial charge in [-0.1, -0.05) is 6.07 Å². The van der Waals surface area contributed by atoms with Gasteiger partial charge in [-0.15, -0.1) is 11.3 Å². The first-order chi connectivity index (χ1) is 7.50. The first-order valence-corrected chi connectivity index (χ1v) is 6.34. The van der Waals surface area contributed by atoms with E-state index in [0.717, 1.165) is 6.42 Å². The molecule has 4 heteroatoms. The van der Waals surface area contributed by atoms with Gasteiger partial charge < -0.3 is 10.0 Å². The van der Waals surface area contributed by atoms with E-state index in [1.54, 1.807) is 11.3 Å². The number of rotatable bonds is 6. The smallest absolute Gasteiger partial charge is 0.304 e. The molecule has 16 heavy (non-hydrogen) atoms. The number of carbonyl (C=O) groups is 1. The third-order valence-corrected chi connectivity index (χ3v) is 3.84. The van der Waals surface area contributed by atoms with E-state index < -0.39 is 5.97 Å². The standard InChI is InChI=1S/C12H19NO2S/c1-9(7-11-5-4-6-16-11)13(3)10(2)8-12(14)15/h4-6,9-10H,7-8H2,1-3H3,(H,14,15). The van der Waals surface area contributed by atoms with Gasteiger partial charge in [0.05, 0.1) is 6.42 Å². The zero-order valence-corrected chi connectivity index (χ0v) is 10.8. The van der Waals surface area contributed by atoms with Crippen LogP contribution < -0.4 is 0 Å². The lowest BCUT2D eigenvalue weighted by Gasteiger charge is -2.29. The summed E-state index contributed by atoms with van der Waals surface area (Å²) in [7, 11) is 1.99. The predicted octanol–water partition coefficient (Wildman–Crippen LogP) is 2.47. The fourth-order valence-electron chi connectivity index (χ4n) is 1.70. The molecule has 0 aliphatic carbocycles. The van der Waals surface area contributed by atoms with Crippen LogP contribution in [0.25, 0.3) is 0 Å². The number of carboxylic acids is 1. The molecule has 0 saturated carbocycles. The Morgan fingerprint density at radius 2 is 2.19 bits per heavy atom. The van der Waals surface area contributed by atoms with Gasteiger partial charge in [-0.25, -0.2) is 0 Å². The molecule has 0 radical (unpaired) electrons. The van der Waals surface area contributed by atoms with Gasteiger partial charge in [-0.3, -0.25) is 4.79 Å². The molecule has 0 bridgehead atoms. The molecule has 1 aromatic rings. The second kappa shape index (κ2) is 6.01. The minimum atomic E-state index is -0.734. The van der Waals surface area contributed by atoms with Crippen molar-refractivity contribution in [3.05, 3.63) is 22.4 Å². The molecule has 0 aliphatic rings. The average molecular weight is 241 g/mol. The topological polar surface area (TPSA) is 40.5 Å². The number of aliphatic carboxylic acids is 1. The first-order valence-electron chi connectivity index (χ1n) is 5.46. The molecule has 2 unspecified atom stereocenters. The molecule has 1 heterocycles. The molecule has 90 valence electrons. The van der Waals surface area contributed by atoms with Crippen molar-refractivity contribution >= 4 is 17.3 Å². The molecule has 1 rings (SSSR count). The maximum atomic E-state index is 10.6. The Balaban J connectivity index is 2.46. The van der Waals surface area contributed by atoms with Crippen LogP contribution >= 0.6 is 11.3 Å². The van der Waals surface area contributed by atoms with Gasteiger partial charge in [-0.05, 0) is 38.8 Å². The van der Waals surface area contributed by atoms with Gasteiger partial charge in [0.25, 0.3) is 0 Å². The fourth-order valence-corrected chi connectivity index (χ4v) is 2.52. The van der Waals surface area contributed by atoms with E-state index in [0.29, 0.717) is 6.04 Å². The monoisotopic (exact) mass is 241 g/mol. The van der Waals surface area contributed by atoms with Crippen molar-refractivity contribution in [1.82, 2.24) is 4.90 Å². The Kier molecular flexibility index (Phi) is 4.96. The lowest BCUT2D eigenvalue weighted by atomic mass is 10.1. The van der Waals surface area contributed by atoms with Gasteiger partial charge in [0.2, 0.25) is 0 Å². The van der Waals surface area contributed by atoms with Crippen molar-refractivity contribution in [2.75, 3.05) is 7.05 Å². The summed E-state index contributed by atoms with van der Waals surface area (Å²) < 4.78 is 0. The highest BCUT2D eigenvalue weighted by Gasteiger charge is 2.18. The van der Waals surface area contributed by atoms with Crippen LogP contribution in [0.15, 0.2) is 17.5 Å². The molecule has 1 N–H and O–H groups in total. The van der Waals surface area contributed by atoms with Crippen molar-refractivity contribution in [3.8, 4) is 0 Å². The number of nitrogens with zero attached hydrogens (tertiary/aromatic N) is 1. The summed E-state index contributed by atoms with van der Waals surface area (Å²) in [5, 5.41) is 10.8. The molecule has 1 aromatic heterocycles. The summed E-state index contributed by atoms with van der Waals surface area (Å²) in [5.41, 5.74) is 0. The van der Waals surface area contributed by atoms with Crippen LogP contribution in [0, 0.1) is 0 Å². The van der Waals surface area contributed by atoms with Crippen LogP contribution in [-0.4, -0.2) is 35.1 Å². The van der Waals surface area contributed by atoms with Crippen molar-refractivity contribution in [1.29, 1.82) is 0 Å². The van der Waals surface area contributed by atoms with Crippen LogP contribution in [0.4, 0.5) is 0 Å². The molecule has 0 aliphatic heterocycles. The minimum absolute atomic E-state index is 0.0764. The van der Waals surface area contributed by atoms with Crippen LogP contribution in [-0.2, 0) is 11.2 Å². The normalized spacial score (nSPS) is 15.0. The zero-order valence-electron chi connectivity index (χ0n) is 10.0. The maximum absolute atomic E-state index is 10.6. The fraction of sp³-hybridized carbons (Fsp3) is 0.583. The second-order valence-corrected chi connectivity index (χ2v) is 5.28. The largest absolute Gasteiger partial charge is 0.481 e. The van der Waals surface area contributed by atoms with Gasteiger partial charge in [-0.2, -0.15) is 0 Å². The lowest BCUT2D eigenvalue weighted by molar-refractivity contribution is -0.138. The molecular formula is C12H19NO2S. The van der Waals surface area contributed by atoms with E-state index in [1.807, 2.05) is 20.0 Å². The number of hydrogen-bond donors (Lipinski definition) is 1. The number of hydrogen-bond acceptors (Lipinski definition) is 3. The SMILES string of the molecule is CC(CC(=O)O)N(C)C(C)Cc1cccs1. The summed E-state index contributed by atoms with van der Waals surface area (Å²) in [6.07, 6.45) is 1.18. The van der Waals surface area contributed by atoms with Crippen LogP contribution in [0.5, 0.6) is 0 Å². The summed E-state index contributed by atoms with van der Waals surface area (Å²) in [6.45, 7) is 4.09. The van der Waals surface area contributed by atoms with E-state index in [4.69, 9.17) is 5.11 Å². The summed E-state index contributed by atoms with van der Waals surface area (Å²) in [5.74, 6) is -0.734. The quantitative estimate of drug-likeness (QED) is 0.831. The average Bonchev–Trinajstić information content (AvgIpc) is 2.68. The van der Waals surface area contributed by atoms with Crippen LogP contribution in [0.1, 0.15) is 25.1 Å². The van der Waals surface area contributed by atoms with Crippen molar-refractivity contribution < 1.29 is 9.90 Å². The highest BCUT2D eigenvalue weighted by molar-refractivity contribution is 7.09. The van der Waals surface area contributed by atoms with Crippen molar-refractivity contribution in [2.45, 2.75) is 38.8 Å². The van der Waals surface area contributed by atoms with Gasteiger partial charge in [0.1, 0.15) is 0 Å². The first kappa shape index (κ1) is 13.2. The number of carboxylic acid groups (broad SMARTS) is 1. The second-order valence-electron chi connectivity index (χ2n) is 4.24. The highest BCUT2D eigenvalue weighted by atomic mass is 32.1.